The summed E-state index contributed by atoms with van der Waals surface area (Å²) in [4.78, 5) is 15.4. The smallest absolute Gasteiger partial charge is 0.252 e. The van der Waals surface area contributed by atoms with Crippen molar-refractivity contribution in [3.8, 4) is 56.8 Å². The summed E-state index contributed by atoms with van der Waals surface area (Å²) in [5.41, 5.74) is 20.5. The third kappa shape index (κ3) is 6.51. The van der Waals surface area contributed by atoms with Crippen molar-refractivity contribution in [2.45, 2.75) is 0 Å². The first kappa shape index (κ1) is 41.2. The monoisotopic (exact) mass is 916 g/mol. The van der Waals surface area contributed by atoms with Crippen molar-refractivity contribution in [1.82, 2.24) is 14.5 Å². The Labute approximate surface area is 417 Å². The molecular weight excluding hydrogens is 876 g/mol. The molecule has 2 aromatic heterocycles. The largest absolute Gasteiger partial charge is 0.311 e. The maximum Gasteiger partial charge on any atom is 0.252 e. The van der Waals surface area contributed by atoms with E-state index in [1.165, 1.54) is 27.8 Å². The van der Waals surface area contributed by atoms with Gasteiger partial charge >= 0.3 is 0 Å². The Hall–Kier alpha value is -9.77. The van der Waals surface area contributed by atoms with Crippen LogP contribution in [-0.2, 0) is 0 Å². The summed E-state index contributed by atoms with van der Waals surface area (Å²) in [6.07, 6.45) is 0. The highest BCUT2D eigenvalue weighted by atomic mass is 15.2. The first-order valence-electron chi connectivity index (χ1n) is 24.3. The standard InChI is InChI=1S/C65H41BN6/c67-42-46-24-19-35-60(63(46)65-68-54(43-20-5-1-6-21-43)41-55(69-65)44-22-7-2-8-23-44)72-56-32-16-13-29-50(56)51-38-45(36-37-57(51)72)47-39-61-64-62(40-47)71(49-27-11-4-12-28-49)59-34-18-15-31-53(59)66(64)52-30-14-17-33-58(52)70(61)48-25-9-3-10-26-48/h1-41H. The van der Waals surface area contributed by atoms with Crippen LogP contribution in [0.25, 0.3) is 72.5 Å². The van der Waals surface area contributed by atoms with Gasteiger partial charge in [-0.05, 0) is 112 Å². The van der Waals surface area contributed by atoms with Crippen LogP contribution in [0.3, 0.4) is 0 Å². The second kappa shape index (κ2) is 16.7. The van der Waals surface area contributed by atoms with E-state index in [4.69, 9.17) is 9.97 Å². The molecule has 0 atom stereocenters. The van der Waals surface area contributed by atoms with E-state index in [1.54, 1.807) is 0 Å². The lowest BCUT2D eigenvalue weighted by Gasteiger charge is -2.44. The van der Waals surface area contributed by atoms with Gasteiger partial charge in [-0.1, -0.05) is 164 Å². The van der Waals surface area contributed by atoms with Gasteiger partial charge < -0.3 is 14.4 Å². The van der Waals surface area contributed by atoms with Crippen LogP contribution in [0.15, 0.2) is 249 Å². The van der Waals surface area contributed by atoms with E-state index in [0.29, 0.717) is 17.0 Å². The Kier molecular flexibility index (Phi) is 9.58. The number of hydrogen-bond donors (Lipinski definition) is 0. The highest BCUT2D eigenvalue weighted by molar-refractivity contribution is 7.00. The number of nitriles is 1. The molecule has 0 spiro atoms. The average molecular weight is 917 g/mol. The summed E-state index contributed by atoms with van der Waals surface area (Å²) < 4.78 is 2.29. The van der Waals surface area contributed by atoms with Crippen LogP contribution in [0.1, 0.15) is 5.56 Å². The van der Waals surface area contributed by atoms with Crippen LogP contribution in [0.2, 0.25) is 0 Å². The zero-order chi connectivity index (χ0) is 47.7. The van der Waals surface area contributed by atoms with E-state index in [-0.39, 0.29) is 6.71 Å². The molecule has 0 bridgehead atoms. The Bertz CT molecular complexity index is 3960. The number of hydrogen-bond acceptors (Lipinski definition) is 5. The number of nitrogens with zero attached hydrogens (tertiary/aromatic N) is 6. The van der Waals surface area contributed by atoms with Gasteiger partial charge in [-0.25, -0.2) is 9.97 Å². The summed E-state index contributed by atoms with van der Waals surface area (Å²) in [6.45, 7) is 0.0244. The maximum absolute atomic E-state index is 10.9. The van der Waals surface area contributed by atoms with Gasteiger partial charge in [0.2, 0.25) is 0 Å². The second-order valence-corrected chi connectivity index (χ2v) is 18.4. The third-order valence-corrected chi connectivity index (χ3v) is 14.4. The van der Waals surface area contributed by atoms with Gasteiger partial charge in [0, 0.05) is 56.0 Å². The van der Waals surface area contributed by atoms with Gasteiger partial charge in [-0.3, -0.25) is 0 Å². The first-order valence-corrected chi connectivity index (χ1v) is 24.3. The van der Waals surface area contributed by atoms with Crippen LogP contribution in [0.5, 0.6) is 0 Å². The molecular formula is C65H41BN6. The van der Waals surface area contributed by atoms with E-state index >= 15 is 0 Å². The topological polar surface area (TPSA) is 61.0 Å². The molecule has 0 unspecified atom stereocenters. The van der Waals surface area contributed by atoms with Crippen molar-refractivity contribution in [2.24, 2.45) is 0 Å². The van der Waals surface area contributed by atoms with Gasteiger partial charge in [0.25, 0.3) is 6.71 Å². The lowest BCUT2D eigenvalue weighted by Crippen LogP contribution is -2.61. The highest BCUT2D eigenvalue weighted by Crippen LogP contribution is 2.47. The SMILES string of the molecule is N#Cc1cccc(-n2c3ccccc3c3cc(-c4cc5c6c(c4)N(c4ccccc4)c4ccccc4B6c4ccccc4N5c4ccccc4)ccc32)c1-c1nc(-c2ccccc2)cc(-c2ccccc2)n1. The molecule has 0 aliphatic carbocycles. The molecule has 4 heterocycles. The summed E-state index contributed by atoms with van der Waals surface area (Å²) in [7, 11) is 0. The summed E-state index contributed by atoms with van der Waals surface area (Å²) in [5, 5.41) is 13.1. The molecule has 0 amide bonds. The molecule has 10 aromatic carbocycles. The lowest BCUT2D eigenvalue weighted by atomic mass is 9.33. The molecule has 0 N–H and O–H groups in total. The van der Waals surface area contributed by atoms with Crippen LogP contribution in [0.4, 0.5) is 34.1 Å². The van der Waals surface area contributed by atoms with Crippen molar-refractivity contribution in [1.29, 1.82) is 5.26 Å². The van der Waals surface area contributed by atoms with Crippen LogP contribution in [0, 0.1) is 11.3 Å². The fraction of sp³-hybridized carbons (Fsp3) is 0. The Morgan fingerprint density at radius 2 is 0.875 bits per heavy atom. The molecule has 2 aliphatic heterocycles. The van der Waals surface area contributed by atoms with Crippen LogP contribution >= 0.6 is 0 Å². The summed E-state index contributed by atoms with van der Waals surface area (Å²) in [5.74, 6) is 0.486. The number of anilines is 6. The Balaban J connectivity index is 1.01. The minimum Gasteiger partial charge on any atom is -0.311 e. The van der Waals surface area contributed by atoms with Gasteiger partial charge in [-0.15, -0.1) is 0 Å². The molecule has 0 radical (unpaired) electrons. The zero-order valence-electron chi connectivity index (χ0n) is 38.9. The molecule has 0 saturated carbocycles. The number of aromatic nitrogens is 3. The first-order chi connectivity index (χ1) is 35.7. The van der Waals surface area contributed by atoms with Gasteiger partial charge in [0.1, 0.15) is 0 Å². The van der Waals surface area contributed by atoms with Gasteiger partial charge in [0.15, 0.2) is 5.82 Å². The second-order valence-electron chi connectivity index (χ2n) is 18.4. The fourth-order valence-electron chi connectivity index (χ4n) is 11.3. The average Bonchev–Trinajstić information content (AvgIpc) is 3.79. The van der Waals surface area contributed by atoms with Crippen molar-refractivity contribution >= 4 is 79.0 Å². The van der Waals surface area contributed by atoms with Crippen molar-refractivity contribution in [3.05, 3.63) is 254 Å². The lowest BCUT2D eigenvalue weighted by molar-refractivity contribution is 1.13. The van der Waals surface area contributed by atoms with Crippen molar-refractivity contribution in [2.75, 3.05) is 9.80 Å². The molecule has 0 fully saturated rings. The van der Waals surface area contributed by atoms with Crippen molar-refractivity contribution < 1.29 is 0 Å². The minimum absolute atomic E-state index is 0.0244. The number of benzene rings is 10. The van der Waals surface area contributed by atoms with Crippen LogP contribution < -0.4 is 26.2 Å². The highest BCUT2D eigenvalue weighted by Gasteiger charge is 2.43. The molecule has 14 rings (SSSR count). The number of para-hydroxylation sites is 5. The third-order valence-electron chi connectivity index (χ3n) is 14.4. The summed E-state index contributed by atoms with van der Waals surface area (Å²) >= 11 is 0. The van der Waals surface area contributed by atoms with E-state index in [2.05, 4.69) is 215 Å². The zero-order valence-corrected chi connectivity index (χ0v) is 38.9. The fourth-order valence-corrected chi connectivity index (χ4v) is 11.3. The molecule has 7 heteroatoms. The molecule has 72 heavy (non-hydrogen) atoms. The van der Waals surface area contributed by atoms with Crippen LogP contribution in [-0.4, -0.2) is 21.2 Å². The Morgan fingerprint density at radius 1 is 0.375 bits per heavy atom. The molecule has 12 aromatic rings. The number of fused-ring (bicyclic) bond motifs is 7. The maximum atomic E-state index is 10.9. The minimum atomic E-state index is 0.0244. The Morgan fingerprint density at radius 3 is 1.46 bits per heavy atom. The summed E-state index contributed by atoms with van der Waals surface area (Å²) in [6, 6.07) is 90.4. The molecule has 0 saturated heterocycles. The van der Waals surface area contributed by atoms with E-state index in [0.717, 1.165) is 83.9 Å². The van der Waals surface area contributed by atoms with E-state index in [1.807, 2.05) is 54.6 Å². The van der Waals surface area contributed by atoms with Gasteiger partial charge in [0.05, 0.1) is 45.3 Å². The van der Waals surface area contributed by atoms with E-state index in [9.17, 15) is 5.26 Å². The van der Waals surface area contributed by atoms with E-state index < -0.39 is 0 Å². The molecule has 6 nitrogen and oxygen atoms in total. The molecule has 2 aliphatic rings. The number of rotatable bonds is 7. The van der Waals surface area contributed by atoms with Crippen molar-refractivity contribution in [3.63, 3.8) is 0 Å². The quantitative estimate of drug-likeness (QED) is 0.149. The molecule has 334 valence electrons. The normalized spacial score (nSPS) is 12.3. The van der Waals surface area contributed by atoms with Gasteiger partial charge in [-0.2, -0.15) is 5.26 Å². The predicted octanol–water partition coefficient (Wildman–Crippen LogP) is 14.2. The predicted molar refractivity (Wildman–Crippen MR) is 297 cm³/mol.